The second kappa shape index (κ2) is 11.7. The maximum Gasteiger partial charge on any atom is 0.244 e. The van der Waals surface area contributed by atoms with Gasteiger partial charge in [-0.25, -0.2) is 0 Å². The third-order valence-electron chi connectivity index (χ3n) is 4.53. The molecule has 0 aliphatic carbocycles. The molecule has 0 bridgehead atoms. The Balaban J connectivity index is 0.00000196. The van der Waals surface area contributed by atoms with Crippen molar-refractivity contribution in [2.24, 2.45) is 5.73 Å². The predicted molar refractivity (Wildman–Crippen MR) is 116 cm³/mol. The van der Waals surface area contributed by atoms with Crippen LogP contribution in [0.5, 0.6) is 0 Å². The molecule has 8 heteroatoms. The summed E-state index contributed by atoms with van der Waals surface area (Å²) in [5.74, 6) is -0.110. The first-order valence-electron chi connectivity index (χ1n) is 8.80. The van der Waals surface area contributed by atoms with Crippen molar-refractivity contribution in [3.8, 4) is 0 Å². The van der Waals surface area contributed by atoms with E-state index in [1.165, 1.54) is 0 Å². The quantitative estimate of drug-likeness (QED) is 0.771. The summed E-state index contributed by atoms with van der Waals surface area (Å²) in [6, 6.07) is 18.2. The van der Waals surface area contributed by atoms with E-state index in [1.807, 2.05) is 60.7 Å². The number of carbonyl (C=O) groups is 2. The maximum atomic E-state index is 12.6. The molecule has 1 saturated heterocycles. The van der Waals surface area contributed by atoms with Gasteiger partial charge >= 0.3 is 0 Å². The van der Waals surface area contributed by atoms with Crippen LogP contribution in [0.3, 0.4) is 0 Å². The number of amides is 2. The van der Waals surface area contributed by atoms with Crippen LogP contribution in [0.1, 0.15) is 11.6 Å². The Labute approximate surface area is 177 Å². The first-order valence-corrected chi connectivity index (χ1v) is 8.80. The van der Waals surface area contributed by atoms with Crippen molar-refractivity contribution < 1.29 is 9.59 Å². The van der Waals surface area contributed by atoms with E-state index in [2.05, 4.69) is 10.2 Å². The molecule has 3 rings (SSSR count). The normalized spacial score (nSPS) is 15.0. The molecule has 1 unspecified atom stereocenters. The number of anilines is 1. The number of hydrogen-bond donors (Lipinski definition) is 2. The van der Waals surface area contributed by atoms with Crippen LogP contribution < -0.4 is 11.1 Å². The van der Waals surface area contributed by atoms with E-state index in [1.54, 1.807) is 4.90 Å². The van der Waals surface area contributed by atoms with E-state index in [4.69, 9.17) is 5.73 Å². The van der Waals surface area contributed by atoms with Crippen LogP contribution in [0.15, 0.2) is 60.7 Å². The number of carbonyl (C=O) groups excluding carboxylic acids is 2. The minimum absolute atomic E-state index is 0. The lowest BCUT2D eigenvalue weighted by Crippen LogP contribution is -2.52. The van der Waals surface area contributed by atoms with Crippen LogP contribution >= 0.6 is 24.8 Å². The smallest absolute Gasteiger partial charge is 0.244 e. The predicted octanol–water partition coefficient (Wildman–Crippen LogP) is 2.31. The molecule has 6 nitrogen and oxygen atoms in total. The summed E-state index contributed by atoms with van der Waals surface area (Å²) in [6.07, 6.45) is 0. The van der Waals surface area contributed by atoms with Crippen LogP contribution in [-0.2, 0) is 9.59 Å². The summed E-state index contributed by atoms with van der Waals surface area (Å²) in [7, 11) is 0. The Morgan fingerprint density at radius 2 is 1.43 bits per heavy atom. The third kappa shape index (κ3) is 6.49. The molecule has 0 saturated carbocycles. The monoisotopic (exact) mass is 424 g/mol. The van der Waals surface area contributed by atoms with Gasteiger partial charge in [0.05, 0.1) is 6.54 Å². The van der Waals surface area contributed by atoms with E-state index in [9.17, 15) is 9.59 Å². The van der Waals surface area contributed by atoms with E-state index in [0.717, 1.165) is 11.3 Å². The largest absolute Gasteiger partial charge is 0.338 e. The number of para-hydroxylation sites is 1. The Hall–Kier alpha value is -2.12. The van der Waals surface area contributed by atoms with Crippen LogP contribution in [0.2, 0.25) is 0 Å². The summed E-state index contributed by atoms with van der Waals surface area (Å²) in [5.41, 5.74) is 7.72. The molecule has 152 valence electrons. The van der Waals surface area contributed by atoms with Crippen molar-refractivity contribution in [3.05, 3.63) is 66.2 Å². The van der Waals surface area contributed by atoms with Crippen molar-refractivity contribution >= 4 is 42.3 Å². The second-order valence-electron chi connectivity index (χ2n) is 6.40. The van der Waals surface area contributed by atoms with Gasteiger partial charge in [-0.1, -0.05) is 48.5 Å². The number of rotatable bonds is 5. The minimum atomic E-state index is -0.635. The number of halogens is 2. The number of nitrogens with one attached hydrogen (secondary N) is 1. The third-order valence-corrected chi connectivity index (χ3v) is 4.53. The molecule has 0 radical (unpaired) electrons. The second-order valence-corrected chi connectivity index (χ2v) is 6.40. The van der Waals surface area contributed by atoms with Gasteiger partial charge < -0.3 is 16.0 Å². The molecule has 1 atom stereocenters. The molecular formula is C20H26Cl2N4O2. The van der Waals surface area contributed by atoms with Crippen molar-refractivity contribution in [2.75, 3.05) is 38.0 Å². The van der Waals surface area contributed by atoms with Gasteiger partial charge in [-0.15, -0.1) is 24.8 Å². The van der Waals surface area contributed by atoms with E-state index < -0.39 is 6.04 Å². The number of piperazine rings is 1. The molecule has 2 amide bonds. The lowest BCUT2D eigenvalue weighted by molar-refractivity contribution is -0.134. The van der Waals surface area contributed by atoms with Crippen molar-refractivity contribution in [1.29, 1.82) is 0 Å². The average Bonchev–Trinajstić information content (AvgIpc) is 2.69. The molecule has 1 fully saturated rings. The highest BCUT2D eigenvalue weighted by Crippen LogP contribution is 2.14. The lowest BCUT2D eigenvalue weighted by Gasteiger charge is -2.35. The van der Waals surface area contributed by atoms with Crippen molar-refractivity contribution in [2.45, 2.75) is 6.04 Å². The fraction of sp³-hybridized carbons (Fsp3) is 0.300. The number of hydrogen-bond acceptors (Lipinski definition) is 4. The van der Waals surface area contributed by atoms with Gasteiger partial charge in [0.2, 0.25) is 11.8 Å². The zero-order valence-corrected chi connectivity index (χ0v) is 17.1. The average molecular weight is 425 g/mol. The van der Waals surface area contributed by atoms with Crippen molar-refractivity contribution in [3.63, 3.8) is 0 Å². The summed E-state index contributed by atoms with van der Waals surface area (Å²) in [4.78, 5) is 28.5. The van der Waals surface area contributed by atoms with Crippen LogP contribution in [0.4, 0.5) is 5.69 Å². The molecule has 3 N–H and O–H groups in total. The van der Waals surface area contributed by atoms with Gasteiger partial charge in [0.15, 0.2) is 0 Å². The standard InChI is InChI=1S/C20H24N4O2.2ClH/c21-19(16-7-3-1-4-8-16)20(26)24-13-11-23(12-14-24)15-18(25)22-17-9-5-2-6-10-17;;/h1-10,19H,11-15,21H2,(H,22,25);2*1H. The highest BCUT2D eigenvalue weighted by molar-refractivity contribution is 5.92. The topological polar surface area (TPSA) is 78.7 Å². The molecular weight excluding hydrogens is 399 g/mol. The van der Waals surface area contributed by atoms with Gasteiger partial charge in [0.25, 0.3) is 0 Å². The minimum Gasteiger partial charge on any atom is -0.338 e. The fourth-order valence-corrected chi connectivity index (χ4v) is 3.05. The fourth-order valence-electron chi connectivity index (χ4n) is 3.05. The Bertz CT molecular complexity index is 738. The van der Waals surface area contributed by atoms with Gasteiger partial charge in [-0.05, 0) is 17.7 Å². The Kier molecular flexibility index (Phi) is 9.96. The van der Waals surface area contributed by atoms with Gasteiger partial charge in [-0.3, -0.25) is 14.5 Å². The summed E-state index contributed by atoms with van der Waals surface area (Å²) >= 11 is 0. The molecule has 1 aliphatic rings. The van der Waals surface area contributed by atoms with Gasteiger partial charge in [0.1, 0.15) is 6.04 Å². The molecule has 1 aliphatic heterocycles. The van der Waals surface area contributed by atoms with Crippen LogP contribution in [-0.4, -0.2) is 54.3 Å². The summed E-state index contributed by atoms with van der Waals surface area (Å²) in [6.45, 7) is 2.81. The highest BCUT2D eigenvalue weighted by atomic mass is 35.5. The van der Waals surface area contributed by atoms with Crippen molar-refractivity contribution in [1.82, 2.24) is 9.80 Å². The summed E-state index contributed by atoms with van der Waals surface area (Å²) < 4.78 is 0. The van der Waals surface area contributed by atoms with E-state index in [0.29, 0.717) is 32.7 Å². The first kappa shape index (κ1) is 23.9. The molecule has 28 heavy (non-hydrogen) atoms. The number of nitrogens with zero attached hydrogens (tertiary/aromatic N) is 2. The molecule has 2 aromatic rings. The Morgan fingerprint density at radius 3 is 2.00 bits per heavy atom. The molecule has 0 aromatic heterocycles. The SMILES string of the molecule is Cl.Cl.NC(C(=O)N1CCN(CC(=O)Nc2ccccc2)CC1)c1ccccc1. The number of benzene rings is 2. The molecule has 1 heterocycles. The van der Waals surface area contributed by atoms with Crippen LogP contribution in [0.25, 0.3) is 0 Å². The van der Waals surface area contributed by atoms with E-state index in [-0.39, 0.29) is 36.6 Å². The lowest BCUT2D eigenvalue weighted by atomic mass is 10.1. The zero-order chi connectivity index (χ0) is 18.4. The molecule has 0 spiro atoms. The van der Waals surface area contributed by atoms with Gasteiger partial charge in [-0.2, -0.15) is 0 Å². The summed E-state index contributed by atoms with van der Waals surface area (Å²) in [5, 5.41) is 2.88. The molecule has 2 aromatic carbocycles. The first-order chi connectivity index (χ1) is 12.6. The van der Waals surface area contributed by atoms with Crippen LogP contribution in [0, 0.1) is 0 Å². The maximum absolute atomic E-state index is 12.6. The number of nitrogens with two attached hydrogens (primary N) is 1. The van der Waals surface area contributed by atoms with E-state index >= 15 is 0 Å². The zero-order valence-electron chi connectivity index (χ0n) is 15.5. The van der Waals surface area contributed by atoms with Gasteiger partial charge in [0, 0.05) is 31.9 Å². The highest BCUT2D eigenvalue weighted by Gasteiger charge is 2.26. The Morgan fingerprint density at radius 1 is 0.893 bits per heavy atom.